The Bertz CT molecular complexity index is 551. The number of hydrogen-bond donors (Lipinski definition) is 1. The molecule has 0 saturated carbocycles. The summed E-state index contributed by atoms with van der Waals surface area (Å²) in [6.07, 6.45) is 2.57. The molecule has 1 saturated heterocycles. The van der Waals surface area contributed by atoms with Crippen LogP contribution >= 0.6 is 0 Å². The summed E-state index contributed by atoms with van der Waals surface area (Å²) in [5.41, 5.74) is 2.26. The Hall–Kier alpha value is -1.88. The summed E-state index contributed by atoms with van der Waals surface area (Å²) >= 11 is 0. The van der Waals surface area contributed by atoms with Crippen molar-refractivity contribution < 1.29 is 9.59 Å². The third-order valence-corrected chi connectivity index (χ3v) is 4.55. The van der Waals surface area contributed by atoms with Gasteiger partial charge in [-0.05, 0) is 24.5 Å². The van der Waals surface area contributed by atoms with Gasteiger partial charge in [-0.15, -0.1) is 0 Å². The van der Waals surface area contributed by atoms with Crippen molar-refractivity contribution in [2.24, 2.45) is 0 Å². The van der Waals surface area contributed by atoms with E-state index in [9.17, 15) is 9.59 Å². The summed E-state index contributed by atoms with van der Waals surface area (Å²) in [5.74, 6) is 0.263. The highest BCUT2D eigenvalue weighted by Crippen LogP contribution is 2.11. The largest absolute Gasteiger partial charge is 0.355 e. The number of benzene rings is 1. The molecule has 5 heteroatoms. The zero-order chi connectivity index (χ0) is 17.4. The zero-order valence-electron chi connectivity index (χ0n) is 14.9. The molecule has 132 valence electrons. The molecule has 2 rings (SSSR count). The van der Waals surface area contributed by atoms with E-state index in [-0.39, 0.29) is 11.8 Å². The Kier molecular flexibility index (Phi) is 7.25. The lowest BCUT2D eigenvalue weighted by Gasteiger charge is -2.34. The predicted molar refractivity (Wildman–Crippen MR) is 95.8 cm³/mol. The van der Waals surface area contributed by atoms with Gasteiger partial charge in [-0.1, -0.05) is 37.6 Å². The molecule has 1 fully saturated rings. The van der Waals surface area contributed by atoms with Crippen molar-refractivity contribution in [3.05, 3.63) is 35.4 Å². The van der Waals surface area contributed by atoms with Crippen LogP contribution in [0, 0.1) is 6.92 Å². The number of hydrogen-bond acceptors (Lipinski definition) is 3. The molecule has 1 aliphatic heterocycles. The summed E-state index contributed by atoms with van der Waals surface area (Å²) in [7, 11) is 0. The van der Waals surface area contributed by atoms with Crippen LogP contribution in [-0.2, 0) is 16.0 Å². The molecular weight excluding hydrogens is 302 g/mol. The van der Waals surface area contributed by atoms with E-state index >= 15 is 0 Å². The lowest BCUT2D eigenvalue weighted by molar-refractivity contribution is -0.132. The van der Waals surface area contributed by atoms with Crippen molar-refractivity contribution >= 4 is 11.8 Å². The van der Waals surface area contributed by atoms with Gasteiger partial charge in [0, 0.05) is 32.7 Å². The summed E-state index contributed by atoms with van der Waals surface area (Å²) < 4.78 is 0. The van der Waals surface area contributed by atoms with E-state index in [0.717, 1.165) is 43.6 Å². The Balaban J connectivity index is 1.73. The van der Waals surface area contributed by atoms with Crippen LogP contribution in [0.2, 0.25) is 0 Å². The molecule has 1 aromatic carbocycles. The fourth-order valence-electron chi connectivity index (χ4n) is 2.90. The van der Waals surface area contributed by atoms with Gasteiger partial charge in [0.1, 0.15) is 0 Å². The van der Waals surface area contributed by atoms with Crippen molar-refractivity contribution in [2.75, 3.05) is 39.3 Å². The Morgan fingerprint density at radius 3 is 2.50 bits per heavy atom. The van der Waals surface area contributed by atoms with Crippen LogP contribution in [0.1, 0.15) is 30.9 Å². The minimum atomic E-state index is 0.0862. The van der Waals surface area contributed by atoms with Crippen molar-refractivity contribution in [2.45, 2.75) is 33.1 Å². The van der Waals surface area contributed by atoms with Crippen molar-refractivity contribution in [1.82, 2.24) is 15.1 Å². The molecule has 1 aromatic rings. The summed E-state index contributed by atoms with van der Waals surface area (Å²) in [6.45, 7) is 8.27. The molecule has 0 unspecified atom stereocenters. The van der Waals surface area contributed by atoms with Gasteiger partial charge in [-0.25, -0.2) is 0 Å². The first kappa shape index (κ1) is 18.5. The minimum absolute atomic E-state index is 0.0862. The first-order valence-corrected chi connectivity index (χ1v) is 8.91. The smallest absolute Gasteiger partial charge is 0.234 e. The molecule has 1 heterocycles. The fourth-order valence-corrected chi connectivity index (χ4v) is 2.90. The number of rotatable bonds is 7. The minimum Gasteiger partial charge on any atom is -0.355 e. The second-order valence-electron chi connectivity index (χ2n) is 6.46. The third kappa shape index (κ3) is 5.64. The Labute approximate surface area is 145 Å². The van der Waals surface area contributed by atoms with E-state index in [0.29, 0.717) is 26.1 Å². The number of carbonyl (C=O) groups is 2. The first-order chi connectivity index (χ1) is 11.6. The van der Waals surface area contributed by atoms with Crippen molar-refractivity contribution in [1.29, 1.82) is 0 Å². The number of amides is 2. The van der Waals surface area contributed by atoms with Crippen LogP contribution in [-0.4, -0.2) is 60.9 Å². The maximum absolute atomic E-state index is 12.5. The average molecular weight is 331 g/mol. The maximum atomic E-state index is 12.5. The van der Waals surface area contributed by atoms with Crippen LogP contribution in [0.25, 0.3) is 0 Å². The predicted octanol–water partition coefficient (Wildman–Crippen LogP) is 1.60. The molecule has 1 aliphatic rings. The molecule has 0 atom stereocenters. The van der Waals surface area contributed by atoms with Gasteiger partial charge in [0.15, 0.2) is 0 Å². The van der Waals surface area contributed by atoms with Crippen molar-refractivity contribution in [3.8, 4) is 0 Å². The zero-order valence-corrected chi connectivity index (χ0v) is 14.9. The number of aryl methyl sites for hydroxylation is 1. The van der Waals surface area contributed by atoms with E-state index in [1.54, 1.807) is 0 Å². The molecule has 5 nitrogen and oxygen atoms in total. The lowest BCUT2D eigenvalue weighted by atomic mass is 10.1. The number of nitrogens with zero attached hydrogens (tertiary/aromatic N) is 2. The summed E-state index contributed by atoms with van der Waals surface area (Å²) in [6, 6.07) is 8.03. The van der Waals surface area contributed by atoms with Crippen LogP contribution in [0.15, 0.2) is 24.3 Å². The number of piperazine rings is 1. The van der Waals surface area contributed by atoms with Crippen LogP contribution in [0.4, 0.5) is 0 Å². The van der Waals surface area contributed by atoms with Gasteiger partial charge < -0.3 is 10.2 Å². The standard InChI is InChI=1S/C19H29N3O2/c1-3-4-9-20-18(23)15-21-10-12-22(13-11-21)19(24)14-17-8-6-5-7-16(17)2/h5-8H,3-4,9-15H2,1-2H3,(H,20,23). The van der Waals surface area contributed by atoms with Crippen molar-refractivity contribution in [3.63, 3.8) is 0 Å². The van der Waals surface area contributed by atoms with E-state index in [1.165, 1.54) is 0 Å². The van der Waals surface area contributed by atoms with Gasteiger partial charge in [0.25, 0.3) is 0 Å². The second-order valence-corrected chi connectivity index (χ2v) is 6.46. The SMILES string of the molecule is CCCCNC(=O)CN1CCN(C(=O)Cc2ccccc2C)CC1. The van der Waals surface area contributed by atoms with E-state index in [2.05, 4.69) is 17.1 Å². The highest BCUT2D eigenvalue weighted by atomic mass is 16.2. The topological polar surface area (TPSA) is 52.7 Å². The molecule has 0 bridgehead atoms. The van der Waals surface area contributed by atoms with Crippen LogP contribution in [0.3, 0.4) is 0 Å². The van der Waals surface area contributed by atoms with Gasteiger partial charge in [-0.2, -0.15) is 0 Å². The van der Waals surface area contributed by atoms with Gasteiger partial charge in [-0.3, -0.25) is 14.5 Å². The summed E-state index contributed by atoms with van der Waals surface area (Å²) in [5, 5.41) is 2.94. The first-order valence-electron chi connectivity index (χ1n) is 8.91. The highest BCUT2D eigenvalue weighted by Gasteiger charge is 2.22. The number of nitrogens with one attached hydrogen (secondary N) is 1. The lowest BCUT2D eigenvalue weighted by Crippen LogP contribution is -2.51. The number of carbonyl (C=O) groups excluding carboxylic acids is 2. The molecular formula is C19H29N3O2. The third-order valence-electron chi connectivity index (χ3n) is 4.55. The molecule has 1 N–H and O–H groups in total. The molecule has 24 heavy (non-hydrogen) atoms. The summed E-state index contributed by atoms with van der Waals surface area (Å²) in [4.78, 5) is 28.3. The Morgan fingerprint density at radius 2 is 1.83 bits per heavy atom. The average Bonchev–Trinajstić information content (AvgIpc) is 2.58. The normalized spacial score (nSPS) is 15.3. The van der Waals surface area contributed by atoms with Gasteiger partial charge in [0.05, 0.1) is 13.0 Å². The fraction of sp³-hybridized carbons (Fsp3) is 0.579. The maximum Gasteiger partial charge on any atom is 0.234 e. The van der Waals surface area contributed by atoms with Crippen LogP contribution < -0.4 is 5.32 Å². The van der Waals surface area contributed by atoms with E-state index in [1.807, 2.05) is 36.1 Å². The monoisotopic (exact) mass is 331 g/mol. The van der Waals surface area contributed by atoms with Crippen LogP contribution in [0.5, 0.6) is 0 Å². The van der Waals surface area contributed by atoms with E-state index in [4.69, 9.17) is 0 Å². The quantitative estimate of drug-likeness (QED) is 0.772. The molecule has 0 aromatic heterocycles. The molecule has 0 radical (unpaired) electrons. The Morgan fingerprint density at radius 1 is 1.12 bits per heavy atom. The van der Waals surface area contributed by atoms with E-state index < -0.39 is 0 Å². The van der Waals surface area contributed by atoms with Gasteiger partial charge >= 0.3 is 0 Å². The molecule has 0 spiro atoms. The highest BCUT2D eigenvalue weighted by molar-refractivity contribution is 5.79. The second kappa shape index (κ2) is 9.42. The molecule has 2 amide bonds. The van der Waals surface area contributed by atoms with Gasteiger partial charge in [0.2, 0.25) is 11.8 Å². The number of unbranched alkanes of at least 4 members (excludes halogenated alkanes) is 1. The molecule has 0 aliphatic carbocycles.